The lowest BCUT2D eigenvalue weighted by atomic mass is 10.0. The van der Waals surface area contributed by atoms with Crippen LogP contribution in [0, 0.1) is 10.1 Å². The van der Waals surface area contributed by atoms with Crippen LogP contribution in [0.1, 0.15) is 5.56 Å². The number of hydrogen-bond acceptors (Lipinski definition) is 7. The third kappa shape index (κ3) is 3.84. The number of ether oxygens (including phenoxy) is 1. The number of phenolic OH excluding ortho intramolecular Hbond substituents is 1. The lowest BCUT2D eigenvalue weighted by Gasteiger charge is -2.33. The molecule has 1 aliphatic heterocycles. The number of hydrogen-bond donors (Lipinski definition) is 1. The van der Waals surface area contributed by atoms with Gasteiger partial charge in [-0.25, -0.2) is 14.6 Å². The maximum Gasteiger partial charge on any atom is 0.343 e. The van der Waals surface area contributed by atoms with Crippen molar-refractivity contribution in [3.05, 3.63) is 94.0 Å². The molecule has 1 fully saturated rings. The van der Waals surface area contributed by atoms with Crippen molar-refractivity contribution >= 4 is 41.0 Å². The van der Waals surface area contributed by atoms with Gasteiger partial charge in [0.2, 0.25) is 5.75 Å². The second kappa shape index (κ2) is 8.87. The Labute approximate surface area is 193 Å². The number of nitro groups is 1. The number of rotatable bonds is 5. The first-order valence-corrected chi connectivity index (χ1v) is 9.93. The third-order valence-electron chi connectivity index (χ3n) is 5.08. The molecule has 10 heteroatoms. The van der Waals surface area contributed by atoms with E-state index in [4.69, 9.17) is 4.74 Å². The van der Waals surface area contributed by atoms with Crippen molar-refractivity contribution in [1.82, 2.24) is 0 Å². The van der Waals surface area contributed by atoms with Crippen LogP contribution in [-0.2, 0) is 9.59 Å². The number of methoxy groups -OCH3 is 1. The standard InChI is InChI=1S/C24H17N3O7/c1-34-20-14-15(13-19(21(20)28)27(32)33)12-18-22(29)25(16-8-4-2-5-9-16)24(31)26(23(18)30)17-10-6-3-7-11-17/h2-14,28H,1H3. The molecule has 4 rings (SSSR count). The third-order valence-corrected chi connectivity index (χ3v) is 5.08. The van der Waals surface area contributed by atoms with Crippen molar-refractivity contribution in [3.8, 4) is 11.5 Å². The van der Waals surface area contributed by atoms with Crippen LogP contribution >= 0.6 is 0 Å². The molecule has 0 aromatic heterocycles. The molecule has 0 saturated carbocycles. The topological polar surface area (TPSA) is 130 Å². The number of carbonyl (C=O) groups is 3. The van der Waals surface area contributed by atoms with Crippen molar-refractivity contribution in [1.29, 1.82) is 0 Å². The van der Waals surface area contributed by atoms with Crippen LogP contribution in [0.4, 0.5) is 21.9 Å². The quantitative estimate of drug-likeness (QED) is 0.265. The lowest BCUT2D eigenvalue weighted by molar-refractivity contribution is -0.386. The fraction of sp³-hybridized carbons (Fsp3) is 0.0417. The zero-order chi connectivity index (χ0) is 24.4. The van der Waals surface area contributed by atoms with Crippen LogP contribution in [0.5, 0.6) is 11.5 Å². The molecule has 1 heterocycles. The predicted molar refractivity (Wildman–Crippen MR) is 123 cm³/mol. The van der Waals surface area contributed by atoms with Crippen molar-refractivity contribution in [3.63, 3.8) is 0 Å². The highest BCUT2D eigenvalue weighted by atomic mass is 16.6. The second-order valence-electron chi connectivity index (χ2n) is 7.14. The predicted octanol–water partition coefficient (Wildman–Crippen LogP) is 3.89. The smallest absolute Gasteiger partial charge is 0.343 e. The van der Waals surface area contributed by atoms with Gasteiger partial charge in [0.15, 0.2) is 5.75 Å². The number of benzene rings is 3. The summed E-state index contributed by atoms with van der Waals surface area (Å²) in [4.78, 5) is 52.2. The van der Waals surface area contributed by atoms with Gasteiger partial charge in [0, 0.05) is 6.07 Å². The number of carbonyl (C=O) groups excluding carboxylic acids is 3. The average molecular weight is 459 g/mol. The summed E-state index contributed by atoms with van der Waals surface area (Å²) in [5.41, 5.74) is -0.544. The molecule has 10 nitrogen and oxygen atoms in total. The van der Waals surface area contributed by atoms with Crippen molar-refractivity contribution < 1.29 is 29.2 Å². The van der Waals surface area contributed by atoms with Crippen LogP contribution in [0.2, 0.25) is 0 Å². The molecule has 3 aromatic carbocycles. The largest absolute Gasteiger partial charge is 0.500 e. The van der Waals surface area contributed by atoms with E-state index in [0.29, 0.717) is 0 Å². The van der Waals surface area contributed by atoms with Crippen LogP contribution in [0.3, 0.4) is 0 Å². The van der Waals surface area contributed by atoms with E-state index in [2.05, 4.69) is 0 Å². The zero-order valence-electron chi connectivity index (χ0n) is 17.7. The second-order valence-corrected chi connectivity index (χ2v) is 7.14. The summed E-state index contributed by atoms with van der Waals surface area (Å²) in [5, 5.41) is 21.4. The number of anilines is 2. The van der Waals surface area contributed by atoms with Gasteiger partial charge in [-0.2, -0.15) is 0 Å². The normalized spacial score (nSPS) is 13.8. The number of nitro benzene ring substituents is 1. The highest BCUT2D eigenvalue weighted by Crippen LogP contribution is 2.38. The molecule has 34 heavy (non-hydrogen) atoms. The van der Waals surface area contributed by atoms with Gasteiger partial charge >= 0.3 is 11.7 Å². The Kier molecular flexibility index (Phi) is 5.79. The molecule has 0 radical (unpaired) electrons. The summed E-state index contributed by atoms with van der Waals surface area (Å²) in [7, 11) is 1.21. The summed E-state index contributed by atoms with van der Waals surface area (Å²) in [5.74, 6) is -2.71. The van der Waals surface area contributed by atoms with E-state index in [1.165, 1.54) is 13.2 Å². The average Bonchev–Trinajstić information content (AvgIpc) is 2.84. The number of imide groups is 2. The van der Waals surface area contributed by atoms with E-state index < -0.39 is 39.8 Å². The molecule has 1 saturated heterocycles. The van der Waals surface area contributed by atoms with E-state index in [1.54, 1.807) is 60.7 Å². The van der Waals surface area contributed by atoms with Gasteiger partial charge in [-0.3, -0.25) is 19.7 Å². The van der Waals surface area contributed by atoms with Gasteiger partial charge in [-0.05, 0) is 42.0 Å². The number of amides is 4. The molecular weight excluding hydrogens is 442 g/mol. The van der Waals surface area contributed by atoms with E-state index in [1.807, 2.05) is 0 Å². The van der Waals surface area contributed by atoms with Gasteiger partial charge in [-0.1, -0.05) is 36.4 Å². The Morgan fingerprint density at radius 2 is 1.38 bits per heavy atom. The zero-order valence-corrected chi connectivity index (χ0v) is 17.7. The fourth-order valence-electron chi connectivity index (χ4n) is 3.50. The first-order chi connectivity index (χ1) is 16.3. The molecule has 0 aliphatic carbocycles. The molecule has 0 spiro atoms. The summed E-state index contributed by atoms with van der Waals surface area (Å²) >= 11 is 0. The lowest BCUT2D eigenvalue weighted by Crippen LogP contribution is -2.57. The summed E-state index contributed by atoms with van der Waals surface area (Å²) in [6.45, 7) is 0. The molecule has 1 aliphatic rings. The Bertz CT molecular complexity index is 1270. The first kappa shape index (κ1) is 22.2. The van der Waals surface area contributed by atoms with Crippen LogP contribution in [0.25, 0.3) is 6.08 Å². The molecule has 0 bridgehead atoms. The minimum atomic E-state index is -0.900. The Morgan fingerprint density at radius 3 is 1.82 bits per heavy atom. The minimum Gasteiger partial charge on any atom is -0.500 e. The van der Waals surface area contributed by atoms with Crippen LogP contribution in [0.15, 0.2) is 78.4 Å². The number of phenols is 1. The molecule has 0 atom stereocenters. The van der Waals surface area contributed by atoms with Gasteiger partial charge in [-0.15, -0.1) is 0 Å². The monoisotopic (exact) mass is 459 g/mol. The van der Waals surface area contributed by atoms with Gasteiger partial charge in [0.25, 0.3) is 11.8 Å². The molecule has 170 valence electrons. The minimum absolute atomic E-state index is 0.0495. The molecule has 1 N–H and O–H groups in total. The number of aromatic hydroxyl groups is 1. The molecule has 0 unspecified atom stereocenters. The molecule has 4 amide bonds. The van der Waals surface area contributed by atoms with Gasteiger partial charge in [0.05, 0.1) is 23.4 Å². The molecule has 3 aromatic rings. The SMILES string of the molecule is COc1cc(C=C2C(=O)N(c3ccccc3)C(=O)N(c3ccccc3)C2=O)cc([N+](=O)[O-])c1O. The Hall–Kier alpha value is -4.99. The van der Waals surface area contributed by atoms with Crippen molar-refractivity contribution in [2.75, 3.05) is 16.9 Å². The van der Waals surface area contributed by atoms with E-state index in [-0.39, 0.29) is 22.7 Å². The Balaban J connectivity index is 1.91. The van der Waals surface area contributed by atoms with E-state index in [9.17, 15) is 29.6 Å². The first-order valence-electron chi connectivity index (χ1n) is 9.93. The number of nitrogens with zero attached hydrogens (tertiary/aromatic N) is 3. The van der Waals surface area contributed by atoms with E-state index >= 15 is 0 Å². The number of para-hydroxylation sites is 2. The molecular formula is C24H17N3O7. The Morgan fingerprint density at radius 1 is 0.882 bits per heavy atom. The maximum absolute atomic E-state index is 13.3. The summed E-state index contributed by atoms with van der Waals surface area (Å²) < 4.78 is 4.99. The van der Waals surface area contributed by atoms with Gasteiger partial charge < -0.3 is 9.84 Å². The summed E-state index contributed by atoms with van der Waals surface area (Å²) in [6.07, 6.45) is 1.12. The van der Waals surface area contributed by atoms with E-state index in [0.717, 1.165) is 21.9 Å². The van der Waals surface area contributed by atoms with Gasteiger partial charge in [0.1, 0.15) is 5.57 Å². The summed E-state index contributed by atoms with van der Waals surface area (Å²) in [6, 6.07) is 17.5. The number of barbiturate groups is 1. The van der Waals surface area contributed by atoms with Crippen molar-refractivity contribution in [2.45, 2.75) is 0 Å². The van der Waals surface area contributed by atoms with Crippen molar-refractivity contribution in [2.24, 2.45) is 0 Å². The van der Waals surface area contributed by atoms with Crippen LogP contribution < -0.4 is 14.5 Å². The highest BCUT2D eigenvalue weighted by Gasteiger charge is 2.43. The van der Waals surface area contributed by atoms with Crippen LogP contribution in [-0.4, -0.2) is 35.0 Å². The maximum atomic E-state index is 13.3. The number of urea groups is 1. The fourth-order valence-corrected chi connectivity index (χ4v) is 3.50. The highest BCUT2D eigenvalue weighted by molar-refractivity contribution is 6.46.